The van der Waals surface area contributed by atoms with Crippen molar-refractivity contribution in [2.45, 2.75) is 4.90 Å². The highest BCUT2D eigenvalue weighted by Gasteiger charge is 2.24. The lowest BCUT2D eigenvalue weighted by Crippen LogP contribution is -2.05. The van der Waals surface area contributed by atoms with Crippen LogP contribution < -0.4 is 0 Å². The molecule has 2 aromatic rings. The highest BCUT2D eigenvalue weighted by Crippen LogP contribution is 2.22. The summed E-state index contributed by atoms with van der Waals surface area (Å²) in [6.07, 6.45) is 3.73. The van der Waals surface area contributed by atoms with E-state index in [2.05, 4.69) is 4.99 Å². The number of carbonyl (C=O) groups excluding carboxylic acids is 1. The van der Waals surface area contributed by atoms with Crippen LogP contribution in [0.1, 0.15) is 11.1 Å². The van der Waals surface area contributed by atoms with Gasteiger partial charge in [0.2, 0.25) is 5.90 Å². The number of cyclic esters (lactones) is 1. The fourth-order valence-electron chi connectivity index (χ4n) is 2.01. The third-order valence-corrected chi connectivity index (χ3v) is 4.09. The molecule has 0 spiro atoms. The second kappa shape index (κ2) is 6.38. The Bertz CT molecular complexity index is 782. The Morgan fingerprint density at radius 2 is 1.95 bits per heavy atom. The summed E-state index contributed by atoms with van der Waals surface area (Å²) >= 11 is 7.61. The van der Waals surface area contributed by atoms with Crippen LogP contribution in [0.25, 0.3) is 6.08 Å². The molecule has 0 N–H and O–H groups in total. The van der Waals surface area contributed by atoms with Gasteiger partial charge in [0.05, 0.1) is 0 Å². The number of hydrogen-bond donors (Lipinski definition) is 0. The van der Waals surface area contributed by atoms with Crippen molar-refractivity contribution in [3.05, 3.63) is 70.4 Å². The van der Waals surface area contributed by atoms with E-state index in [1.807, 2.05) is 30.5 Å². The third-order valence-electron chi connectivity index (χ3n) is 3.11. The molecular weight excluding hydrogens is 318 g/mol. The van der Waals surface area contributed by atoms with Crippen molar-refractivity contribution in [2.75, 3.05) is 6.26 Å². The van der Waals surface area contributed by atoms with Crippen molar-refractivity contribution in [3.63, 3.8) is 0 Å². The molecule has 110 valence electrons. The Labute approximate surface area is 137 Å². The van der Waals surface area contributed by atoms with Crippen molar-refractivity contribution < 1.29 is 9.53 Å². The zero-order valence-corrected chi connectivity index (χ0v) is 13.3. The summed E-state index contributed by atoms with van der Waals surface area (Å²) in [4.78, 5) is 17.4. The average molecular weight is 330 g/mol. The number of halogens is 1. The third kappa shape index (κ3) is 3.24. The number of ether oxygens (including phenoxy) is 1. The highest BCUT2D eigenvalue weighted by atomic mass is 35.5. The van der Waals surface area contributed by atoms with E-state index in [0.717, 1.165) is 5.56 Å². The molecule has 2 aromatic carbocycles. The Hall–Kier alpha value is -2.04. The molecule has 1 heterocycles. The van der Waals surface area contributed by atoms with Gasteiger partial charge in [0.15, 0.2) is 5.70 Å². The van der Waals surface area contributed by atoms with Crippen LogP contribution in [0.3, 0.4) is 0 Å². The van der Waals surface area contributed by atoms with Crippen molar-refractivity contribution in [1.29, 1.82) is 0 Å². The number of esters is 1. The van der Waals surface area contributed by atoms with Gasteiger partial charge in [-0.05, 0) is 48.2 Å². The van der Waals surface area contributed by atoms with Gasteiger partial charge in [-0.2, -0.15) is 0 Å². The van der Waals surface area contributed by atoms with Crippen LogP contribution in [0.15, 0.2) is 64.1 Å². The summed E-state index contributed by atoms with van der Waals surface area (Å²) < 4.78 is 5.21. The molecule has 1 aliphatic rings. The molecule has 0 bridgehead atoms. The first-order chi connectivity index (χ1) is 10.7. The topological polar surface area (TPSA) is 38.7 Å². The largest absolute Gasteiger partial charge is 0.402 e. The Balaban J connectivity index is 1.90. The van der Waals surface area contributed by atoms with Gasteiger partial charge in [0.1, 0.15) is 0 Å². The summed E-state index contributed by atoms with van der Waals surface area (Å²) in [7, 11) is 0. The van der Waals surface area contributed by atoms with Crippen LogP contribution in [0, 0.1) is 0 Å². The quantitative estimate of drug-likeness (QED) is 0.476. The smallest absolute Gasteiger partial charge is 0.363 e. The van der Waals surface area contributed by atoms with E-state index < -0.39 is 5.97 Å². The molecule has 0 aromatic heterocycles. The predicted molar refractivity (Wildman–Crippen MR) is 90.3 cm³/mol. The van der Waals surface area contributed by atoms with Crippen molar-refractivity contribution in [3.8, 4) is 0 Å². The summed E-state index contributed by atoms with van der Waals surface area (Å²) in [6, 6.07) is 14.9. The van der Waals surface area contributed by atoms with Gasteiger partial charge >= 0.3 is 5.97 Å². The number of benzene rings is 2. The number of rotatable bonds is 3. The molecule has 1 aliphatic heterocycles. The fraction of sp³-hybridized carbons (Fsp3) is 0.0588. The molecular formula is C17H12ClNO2S. The van der Waals surface area contributed by atoms with E-state index in [4.69, 9.17) is 16.3 Å². The van der Waals surface area contributed by atoms with E-state index in [-0.39, 0.29) is 11.6 Å². The van der Waals surface area contributed by atoms with Gasteiger partial charge in [0.25, 0.3) is 0 Å². The lowest BCUT2D eigenvalue weighted by Gasteiger charge is -1.99. The van der Waals surface area contributed by atoms with Crippen LogP contribution in [-0.4, -0.2) is 18.1 Å². The van der Waals surface area contributed by atoms with E-state index in [9.17, 15) is 4.79 Å². The standard InChI is InChI=1S/C17H12ClNO2S/c1-22-14-7-5-11(6-8-14)9-15-17(20)21-16(19-15)12-3-2-4-13(18)10-12/h2-10H,1H3. The van der Waals surface area contributed by atoms with E-state index in [0.29, 0.717) is 10.6 Å². The molecule has 3 nitrogen and oxygen atoms in total. The summed E-state index contributed by atoms with van der Waals surface area (Å²) in [5.41, 5.74) is 1.87. The van der Waals surface area contributed by atoms with E-state index >= 15 is 0 Å². The second-order valence-corrected chi connectivity index (χ2v) is 5.94. The first-order valence-corrected chi connectivity index (χ1v) is 8.18. The van der Waals surface area contributed by atoms with Crippen LogP contribution in [-0.2, 0) is 9.53 Å². The van der Waals surface area contributed by atoms with Crippen LogP contribution >= 0.6 is 23.4 Å². The van der Waals surface area contributed by atoms with Gasteiger partial charge in [-0.1, -0.05) is 29.8 Å². The normalized spacial score (nSPS) is 15.8. The van der Waals surface area contributed by atoms with Crippen molar-refractivity contribution >= 4 is 41.3 Å². The number of nitrogens with zero attached hydrogens (tertiary/aromatic N) is 1. The van der Waals surface area contributed by atoms with E-state index in [1.54, 1.807) is 42.1 Å². The molecule has 0 amide bonds. The number of carbonyl (C=O) groups is 1. The highest BCUT2D eigenvalue weighted by molar-refractivity contribution is 7.98. The summed E-state index contributed by atoms with van der Waals surface area (Å²) in [5, 5.41) is 0.571. The van der Waals surface area contributed by atoms with Gasteiger partial charge in [-0.15, -0.1) is 11.8 Å². The lowest BCUT2D eigenvalue weighted by molar-refractivity contribution is -0.129. The molecule has 5 heteroatoms. The first-order valence-electron chi connectivity index (χ1n) is 6.58. The minimum atomic E-state index is -0.455. The number of thioether (sulfide) groups is 1. The second-order valence-electron chi connectivity index (χ2n) is 4.62. The summed E-state index contributed by atoms with van der Waals surface area (Å²) in [6.45, 7) is 0. The van der Waals surface area contributed by atoms with Gasteiger partial charge in [-0.3, -0.25) is 0 Å². The minimum absolute atomic E-state index is 0.277. The monoisotopic (exact) mass is 329 g/mol. The SMILES string of the molecule is CSc1ccc(C=C2N=C(c3cccc(Cl)c3)OC2=O)cc1. The maximum absolute atomic E-state index is 11.9. The lowest BCUT2D eigenvalue weighted by atomic mass is 10.2. The Kier molecular flexibility index (Phi) is 4.32. The molecule has 0 saturated carbocycles. The van der Waals surface area contributed by atoms with Gasteiger partial charge < -0.3 is 4.74 Å². The predicted octanol–water partition coefficient (Wildman–Crippen LogP) is 4.41. The maximum atomic E-state index is 11.9. The maximum Gasteiger partial charge on any atom is 0.363 e. The van der Waals surface area contributed by atoms with Crippen molar-refractivity contribution in [2.24, 2.45) is 4.99 Å². The Morgan fingerprint density at radius 1 is 1.18 bits per heavy atom. The Morgan fingerprint density at radius 3 is 2.64 bits per heavy atom. The fourth-order valence-corrected chi connectivity index (χ4v) is 2.61. The molecule has 22 heavy (non-hydrogen) atoms. The summed E-state index contributed by atoms with van der Waals surface area (Å²) in [5.74, 6) is -0.177. The molecule has 0 saturated heterocycles. The molecule has 0 radical (unpaired) electrons. The number of aliphatic imine (C=N–C) groups is 1. The first kappa shape index (κ1) is 14.9. The van der Waals surface area contributed by atoms with Gasteiger partial charge in [-0.25, -0.2) is 9.79 Å². The van der Waals surface area contributed by atoms with Crippen molar-refractivity contribution in [1.82, 2.24) is 0 Å². The molecule has 0 atom stereocenters. The zero-order valence-electron chi connectivity index (χ0n) is 11.7. The molecule has 0 unspecified atom stereocenters. The average Bonchev–Trinajstić information content (AvgIpc) is 2.89. The van der Waals surface area contributed by atoms with Crippen LogP contribution in [0.2, 0.25) is 5.02 Å². The molecule has 0 fully saturated rings. The van der Waals surface area contributed by atoms with E-state index in [1.165, 1.54) is 4.90 Å². The van der Waals surface area contributed by atoms with Gasteiger partial charge in [0, 0.05) is 15.5 Å². The minimum Gasteiger partial charge on any atom is -0.402 e. The molecule has 0 aliphatic carbocycles. The van der Waals surface area contributed by atoms with Crippen LogP contribution in [0.5, 0.6) is 0 Å². The number of hydrogen-bond acceptors (Lipinski definition) is 4. The molecule has 3 rings (SSSR count). The van der Waals surface area contributed by atoms with Crippen LogP contribution in [0.4, 0.5) is 0 Å². The zero-order chi connectivity index (χ0) is 15.5.